The summed E-state index contributed by atoms with van der Waals surface area (Å²) in [6.07, 6.45) is 3.97. The number of amides is 1. The Morgan fingerprint density at radius 3 is 2.46 bits per heavy atom. The van der Waals surface area contributed by atoms with Crippen LogP contribution >= 0.6 is 0 Å². The first-order chi connectivity index (χ1) is 11.8. The summed E-state index contributed by atoms with van der Waals surface area (Å²) in [6, 6.07) is 8.71. The van der Waals surface area contributed by atoms with E-state index in [-0.39, 0.29) is 5.91 Å². The molecule has 5 heteroatoms. The van der Waals surface area contributed by atoms with E-state index in [2.05, 4.69) is 39.4 Å². The van der Waals surface area contributed by atoms with E-state index in [9.17, 15) is 4.79 Å². The van der Waals surface area contributed by atoms with Crippen molar-refractivity contribution < 1.29 is 9.53 Å². The smallest absolute Gasteiger partial charge is 0.220 e. The van der Waals surface area contributed by atoms with Gasteiger partial charge in [-0.3, -0.25) is 9.69 Å². The van der Waals surface area contributed by atoms with E-state index in [1.165, 1.54) is 37.2 Å². The van der Waals surface area contributed by atoms with E-state index in [1.54, 1.807) is 0 Å². The second-order valence-corrected chi connectivity index (χ2v) is 6.66. The first kappa shape index (κ1) is 17.2. The molecule has 1 N–H and O–H groups in total. The lowest BCUT2D eigenvalue weighted by Crippen LogP contribution is -2.41. The standard InChI is InChI=1S/C19H29N3O2/c23-19(20-9-12-21-13-15-24-16-14-21)8-5-17-3-6-18(7-4-17)22-10-1-2-11-22/h3-4,6-7H,1-2,5,8-16H2,(H,20,23). The number of anilines is 1. The van der Waals surface area contributed by atoms with Gasteiger partial charge >= 0.3 is 0 Å². The van der Waals surface area contributed by atoms with E-state index < -0.39 is 0 Å². The highest BCUT2D eigenvalue weighted by molar-refractivity contribution is 5.76. The van der Waals surface area contributed by atoms with Crippen LogP contribution in [0.4, 0.5) is 5.69 Å². The van der Waals surface area contributed by atoms with Gasteiger partial charge in [0.1, 0.15) is 0 Å². The molecule has 1 amide bonds. The average Bonchev–Trinajstić information content (AvgIpc) is 3.16. The number of carbonyl (C=O) groups excluding carboxylic acids is 1. The first-order valence-corrected chi connectivity index (χ1v) is 9.22. The van der Waals surface area contributed by atoms with Crippen molar-refractivity contribution in [3.63, 3.8) is 0 Å². The van der Waals surface area contributed by atoms with Crippen LogP contribution in [-0.4, -0.2) is 63.3 Å². The number of rotatable bonds is 7. The molecule has 0 aliphatic carbocycles. The third-order valence-electron chi connectivity index (χ3n) is 4.90. The van der Waals surface area contributed by atoms with Gasteiger partial charge in [0.05, 0.1) is 13.2 Å². The quantitative estimate of drug-likeness (QED) is 0.825. The summed E-state index contributed by atoms with van der Waals surface area (Å²) < 4.78 is 5.32. The zero-order chi connectivity index (χ0) is 16.6. The van der Waals surface area contributed by atoms with Crippen LogP contribution < -0.4 is 10.2 Å². The highest BCUT2D eigenvalue weighted by Crippen LogP contribution is 2.20. The molecule has 24 heavy (non-hydrogen) atoms. The van der Waals surface area contributed by atoms with Gasteiger partial charge in [-0.05, 0) is 37.0 Å². The van der Waals surface area contributed by atoms with Crippen LogP contribution in [-0.2, 0) is 16.0 Å². The number of aryl methyl sites for hydroxylation is 1. The highest BCUT2D eigenvalue weighted by atomic mass is 16.5. The number of ether oxygens (including phenoxy) is 1. The fourth-order valence-electron chi connectivity index (χ4n) is 3.37. The van der Waals surface area contributed by atoms with Crippen molar-refractivity contribution in [1.82, 2.24) is 10.2 Å². The Kier molecular flexibility index (Phi) is 6.49. The molecule has 1 aromatic rings. The topological polar surface area (TPSA) is 44.8 Å². The van der Waals surface area contributed by atoms with Crippen molar-refractivity contribution in [3.8, 4) is 0 Å². The third kappa shape index (κ3) is 5.21. The average molecular weight is 331 g/mol. The van der Waals surface area contributed by atoms with Crippen LogP contribution in [0.3, 0.4) is 0 Å². The molecule has 5 nitrogen and oxygen atoms in total. The van der Waals surface area contributed by atoms with Crippen molar-refractivity contribution in [2.45, 2.75) is 25.7 Å². The molecule has 0 aromatic heterocycles. The van der Waals surface area contributed by atoms with E-state index in [0.29, 0.717) is 6.42 Å². The molecule has 0 bridgehead atoms. The number of nitrogens with one attached hydrogen (secondary N) is 1. The van der Waals surface area contributed by atoms with Gasteiger partial charge in [0, 0.05) is 51.4 Å². The first-order valence-electron chi connectivity index (χ1n) is 9.22. The normalized spacial score (nSPS) is 18.8. The molecule has 2 fully saturated rings. The van der Waals surface area contributed by atoms with Crippen LogP contribution in [0.1, 0.15) is 24.8 Å². The monoisotopic (exact) mass is 331 g/mol. The zero-order valence-corrected chi connectivity index (χ0v) is 14.5. The molecule has 2 aliphatic rings. The number of benzene rings is 1. The van der Waals surface area contributed by atoms with Crippen LogP contribution in [0.15, 0.2) is 24.3 Å². The van der Waals surface area contributed by atoms with Gasteiger partial charge in [-0.15, -0.1) is 0 Å². The molecule has 3 rings (SSSR count). The molecular weight excluding hydrogens is 302 g/mol. The Balaban J connectivity index is 1.33. The molecular formula is C19H29N3O2. The van der Waals surface area contributed by atoms with Crippen LogP contribution in [0.5, 0.6) is 0 Å². The molecule has 2 heterocycles. The molecule has 0 saturated carbocycles. The molecule has 132 valence electrons. The van der Waals surface area contributed by atoms with Gasteiger partial charge in [-0.1, -0.05) is 12.1 Å². The Morgan fingerprint density at radius 2 is 1.75 bits per heavy atom. The third-order valence-corrected chi connectivity index (χ3v) is 4.90. The van der Waals surface area contributed by atoms with E-state index in [4.69, 9.17) is 4.74 Å². The fraction of sp³-hybridized carbons (Fsp3) is 0.632. The lowest BCUT2D eigenvalue weighted by molar-refractivity contribution is -0.121. The molecule has 0 unspecified atom stereocenters. The van der Waals surface area contributed by atoms with Crippen molar-refractivity contribution >= 4 is 11.6 Å². The minimum absolute atomic E-state index is 0.145. The maximum absolute atomic E-state index is 12.0. The minimum atomic E-state index is 0.145. The summed E-state index contributed by atoms with van der Waals surface area (Å²) in [6.45, 7) is 7.55. The van der Waals surface area contributed by atoms with Crippen molar-refractivity contribution in [3.05, 3.63) is 29.8 Å². The largest absolute Gasteiger partial charge is 0.379 e. The van der Waals surface area contributed by atoms with Crippen LogP contribution in [0.25, 0.3) is 0 Å². The Hall–Kier alpha value is -1.59. The Bertz CT molecular complexity index is 506. The van der Waals surface area contributed by atoms with E-state index in [1.807, 2.05) is 0 Å². The Labute approximate surface area is 145 Å². The lowest BCUT2D eigenvalue weighted by atomic mass is 10.1. The minimum Gasteiger partial charge on any atom is -0.379 e. The SMILES string of the molecule is O=C(CCc1ccc(N2CCCC2)cc1)NCCN1CCOCC1. The number of morpholine rings is 1. The summed E-state index contributed by atoms with van der Waals surface area (Å²) in [5, 5.41) is 3.03. The maximum Gasteiger partial charge on any atom is 0.220 e. The Morgan fingerprint density at radius 1 is 1.04 bits per heavy atom. The summed E-state index contributed by atoms with van der Waals surface area (Å²) in [7, 11) is 0. The van der Waals surface area contributed by atoms with E-state index in [0.717, 1.165) is 45.8 Å². The number of hydrogen-bond acceptors (Lipinski definition) is 4. The molecule has 0 radical (unpaired) electrons. The molecule has 0 atom stereocenters. The summed E-state index contributed by atoms with van der Waals surface area (Å²) >= 11 is 0. The lowest BCUT2D eigenvalue weighted by Gasteiger charge is -2.26. The van der Waals surface area contributed by atoms with Gasteiger partial charge in [0.15, 0.2) is 0 Å². The predicted octanol–water partition coefficient (Wildman–Crippen LogP) is 1.67. The second-order valence-electron chi connectivity index (χ2n) is 6.66. The zero-order valence-electron chi connectivity index (χ0n) is 14.5. The van der Waals surface area contributed by atoms with Gasteiger partial charge < -0.3 is 15.0 Å². The molecule has 1 aromatic carbocycles. The summed E-state index contributed by atoms with van der Waals surface area (Å²) in [5.74, 6) is 0.145. The van der Waals surface area contributed by atoms with Crippen molar-refractivity contribution in [2.24, 2.45) is 0 Å². The maximum atomic E-state index is 12.0. The highest BCUT2D eigenvalue weighted by Gasteiger charge is 2.12. The van der Waals surface area contributed by atoms with Gasteiger partial charge in [-0.25, -0.2) is 0 Å². The molecule has 2 saturated heterocycles. The van der Waals surface area contributed by atoms with Crippen LogP contribution in [0.2, 0.25) is 0 Å². The van der Waals surface area contributed by atoms with Crippen molar-refractivity contribution in [2.75, 3.05) is 57.4 Å². The van der Waals surface area contributed by atoms with Crippen molar-refractivity contribution in [1.29, 1.82) is 0 Å². The molecule has 2 aliphatic heterocycles. The second kappa shape index (κ2) is 9.04. The van der Waals surface area contributed by atoms with Gasteiger partial charge in [0.25, 0.3) is 0 Å². The summed E-state index contributed by atoms with van der Waals surface area (Å²) in [4.78, 5) is 16.7. The number of nitrogens with zero attached hydrogens (tertiary/aromatic N) is 2. The van der Waals surface area contributed by atoms with Gasteiger partial charge in [-0.2, -0.15) is 0 Å². The van der Waals surface area contributed by atoms with Gasteiger partial charge in [0.2, 0.25) is 5.91 Å². The number of carbonyl (C=O) groups is 1. The predicted molar refractivity (Wildman–Crippen MR) is 96.5 cm³/mol. The summed E-state index contributed by atoms with van der Waals surface area (Å²) in [5.41, 5.74) is 2.55. The molecule has 0 spiro atoms. The number of hydrogen-bond donors (Lipinski definition) is 1. The van der Waals surface area contributed by atoms with Crippen LogP contribution in [0, 0.1) is 0 Å². The fourth-order valence-corrected chi connectivity index (χ4v) is 3.37. The van der Waals surface area contributed by atoms with E-state index >= 15 is 0 Å².